The molecule has 3 rings (SSSR count). The van der Waals surface area contributed by atoms with E-state index in [0.717, 1.165) is 28.5 Å². The van der Waals surface area contributed by atoms with E-state index in [1.807, 2.05) is 38.2 Å². The first-order valence-corrected chi connectivity index (χ1v) is 9.74. The summed E-state index contributed by atoms with van der Waals surface area (Å²) in [5, 5.41) is 23.8. The van der Waals surface area contributed by atoms with Crippen molar-refractivity contribution in [2.45, 2.75) is 32.5 Å². The van der Waals surface area contributed by atoms with E-state index in [1.165, 1.54) is 0 Å². The maximum atomic E-state index is 11.5. The summed E-state index contributed by atoms with van der Waals surface area (Å²) in [5.41, 5.74) is 2.68. The Morgan fingerprint density at radius 1 is 1.28 bits per heavy atom. The molecule has 0 saturated heterocycles. The number of aliphatic hydroxyl groups is 1. The first-order valence-electron chi connectivity index (χ1n) is 9.74. The molecule has 0 fully saturated rings. The largest absolute Gasteiger partial charge is 0.478 e. The SMILES string of the molecule is CC(C)[C@H](Oc1cccc2c(CCNC[C@@H](O)c3cccnc3)c[nH]c12)C(=O)O. The summed E-state index contributed by atoms with van der Waals surface area (Å²) in [6.07, 6.45) is 4.52. The number of aliphatic hydroxyl groups excluding tert-OH is 1. The van der Waals surface area contributed by atoms with Crippen LogP contribution in [-0.2, 0) is 11.2 Å². The highest BCUT2D eigenvalue weighted by Crippen LogP contribution is 2.29. The Morgan fingerprint density at radius 2 is 2.10 bits per heavy atom. The normalized spacial score (nSPS) is 13.5. The quantitative estimate of drug-likeness (QED) is 0.392. The fourth-order valence-electron chi connectivity index (χ4n) is 3.25. The topological polar surface area (TPSA) is 107 Å². The number of hydrogen-bond acceptors (Lipinski definition) is 5. The molecular formula is C22H27N3O4. The number of hydrogen-bond donors (Lipinski definition) is 4. The lowest BCUT2D eigenvalue weighted by atomic mass is 10.1. The molecule has 154 valence electrons. The molecule has 2 heterocycles. The Morgan fingerprint density at radius 3 is 2.79 bits per heavy atom. The summed E-state index contributed by atoms with van der Waals surface area (Å²) in [7, 11) is 0. The van der Waals surface area contributed by atoms with E-state index < -0.39 is 18.2 Å². The van der Waals surface area contributed by atoms with Crippen molar-refractivity contribution in [1.29, 1.82) is 0 Å². The van der Waals surface area contributed by atoms with E-state index in [1.54, 1.807) is 24.5 Å². The predicted molar refractivity (Wildman–Crippen MR) is 111 cm³/mol. The van der Waals surface area contributed by atoms with Crippen LogP contribution < -0.4 is 10.1 Å². The van der Waals surface area contributed by atoms with Crippen LogP contribution in [0.3, 0.4) is 0 Å². The van der Waals surface area contributed by atoms with Crippen molar-refractivity contribution in [3.05, 3.63) is 60.0 Å². The minimum atomic E-state index is -0.972. The number of para-hydroxylation sites is 1. The summed E-state index contributed by atoms with van der Waals surface area (Å²) in [6, 6.07) is 9.29. The van der Waals surface area contributed by atoms with Gasteiger partial charge in [-0.25, -0.2) is 4.79 Å². The van der Waals surface area contributed by atoms with Crippen LogP contribution >= 0.6 is 0 Å². The molecule has 0 amide bonds. The lowest BCUT2D eigenvalue weighted by Gasteiger charge is -2.18. The van der Waals surface area contributed by atoms with Gasteiger partial charge >= 0.3 is 5.97 Å². The number of H-pyrrole nitrogens is 1. The van der Waals surface area contributed by atoms with Crippen molar-refractivity contribution in [2.75, 3.05) is 13.1 Å². The van der Waals surface area contributed by atoms with Crippen molar-refractivity contribution in [3.8, 4) is 5.75 Å². The molecule has 1 aromatic carbocycles. The lowest BCUT2D eigenvalue weighted by molar-refractivity contribution is -0.147. The first-order chi connectivity index (χ1) is 14.0. The molecule has 4 N–H and O–H groups in total. The van der Waals surface area contributed by atoms with E-state index in [2.05, 4.69) is 15.3 Å². The molecule has 29 heavy (non-hydrogen) atoms. The highest BCUT2D eigenvalue weighted by molar-refractivity contribution is 5.88. The summed E-state index contributed by atoms with van der Waals surface area (Å²) >= 11 is 0. The van der Waals surface area contributed by atoms with E-state index >= 15 is 0 Å². The molecule has 0 aliphatic heterocycles. The molecule has 0 unspecified atom stereocenters. The number of nitrogens with zero attached hydrogens (tertiary/aromatic N) is 1. The number of rotatable bonds is 10. The number of aliphatic carboxylic acids is 1. The Bertz CT molecular complexity index is 940. The van der Waals surface area contributed by atoms with Gasteiger partial charge in [-0.2, -0.15) is 0 Å². The van der Waals surface area contributed by atoms with Crippen LogP contribution in [0.4, 0.5) is 0 Å². The molecule has 0 spiro atoms. The average molecular weight is 397 g/mol. The number of ether oxygens (including phenoxy) is 1. The second-order valence-corrected chi connectivity index (χ2v) is 7.37. The standard InChI is InChI=1S/C22H27N3O4/c1-14(2)21(22(27)28)29-19-7-3-6-17-15(12-25-20(17)19)8-10-24-13-18(26)16-5-4-9-23-11-16/h3-7,9,11-12,14,18,21,24-26H,8,10,13H2,1-2H3,(H,27,28)/t18-,21+/m1/s1. The van der Waals surface area contributed by atoms with E-state index in [0.29, 0.717) is 18.8 Å². The molecule has 0 aliphatic carbocycles. The Kier molecular flexibility index (Phi) is 6.85. The second kappa shape index (κ2) is 9.54. The molecular weight excluding hydrogens is 370 g/mol. The monoisotopic (exact) mass is 397 g/mol. The molecule has 0 aliphatic rings. The van der Waals surface area contributed by atoms with Gasteiger partial charge in [0, 0.05) is 42.0 Å². The number of carbonyl (C=O) groups is 1. The third-order valence-corrected chi connectivity index (χ3v) is 4.84. The van der Waals surface area contributed by atoms with Gasteiger partial charge in [0.05, 0.1) is 11.6 Å². The van der Waals surface area contributed by atoms with Gasteiger partial charge < -0.3 is 25.3 Å². The first kappa shape index (κ1) is 20.8. The molecule has 2 aromatic heterocycles. The summed E-state index contributed by atoms with van der Waals surface area (Å²) in [4.78, 5) is 18.7. The predicted octanol–water partition coefficient (Wildman–Crippen LogP) is 2.92. The average Bonchev–Trinajstić information content (AvgIpc) is 3.13. The molecule has 7 heteroatoms. The number of pyridine rings is 1. The van der Waals surface area contributed by atoms with Crippen LogP contribution in [0.1, 0.15) is 31.1 Å². The zero-order valence-corrected chi connectivity index (χ0v) is 16.6. The van der Waals surface area contributed by atoms with Crippen molar-refractivity contribution >= 4 is 16.9 Å². The second-order valence-electron chi connectivity index (χ2n) is 7.37. The Balaban J connectivity index is 1.62. The van der Waals surface area contributed by atoms with Gasteiger partial charge in [0.1, 0.15) is 5.75 Å². The van der Waals surface area contributed by atoms with Crippen molar-refractivity contribution in [1.82, 2.24) is 15.3 Å². The number of benzene rings is 1. The van der Waals surface area contributed by atoms with Crippen LogP contribution in [0, 0.1) is 5.92 Å². The van der Waals surface area contributed by atoms with Crippen LogP contribution in [0.2, 0.25) is 0 Å². The molecule has 0 bridgehead atoms. The fraction of sp³-hybridized carbons (Fsp3) is 0.364. The van der Waals surface area contributed by atoms with Crippen LogP contribution in [0.15, 0.2) is 48.9 Å². The molecule has 3 aromatic rings. The van der Waals surface area contributed by atoms with Crippen molar-refractivity contribution in [2.24, 2.45) is 5.92 Å². The minimum Gasteiger partial charge on any atom is -0.478 e. The number of nitrogens with one attached hydrogen (secondary N) is 2. The van der Waals surface area contributed by atoms with Gasteiger partial charge in [0.2, 0.25) is 0 Å². The van der Waals surface area contributed by atoms with Gasteiger partial charge in [-0.3, -0.25) is 4.98 Å². The highest BCUT2D eigenvalue weighted by atomic mass is 16.5. The number of fused-ring (bicyclic) bond motifs is 1. The summed E-state index contributed by atoms with van der Waals surface area (Å²) < 4.78 is 5.78. The van der Waals surface area contributed by atoms with Crippen molar-refractivity contribution in [3.63, 3.8) is 0 Å². The third kappa shape index (κ3) is 5.13. The Hall–Kier alpha value is -2.90. The maximum Gasteiger partial charge on any atom is 0.345 e. The van der Waals surface area contributed by atoms with Gasteiger partial charge in [-0.05, 0) is 30.7 Å². The van der Waals surface area contributed by atoms with Crippen LogP contribution in [0.5, 0.6) is 5.75 Å². The zero-order chi connectivity index (χ0) is 20.8. The lowest BCUT2D eigenvalue weighted by Crippen LogP contribution is -2.32. The van der Waals surface area contributed by atoms with Gasteiger partial charge in [0.25, 0.3) is 0 Å². The van der Waals surface area contributed by atoms with Gasteiger partial charge in [0.15, 0.2) is 6.10 Å². The zero-order valence-electron chi connectivity index (χ0n) is 16.6. The fourth-order valence-corrected chi connectivity index (χ4v) is 3.25. The van der Waals surface area contributed by atoms with Crippen LogP contribution in [0.25, 0.3) is 10.9 Å². The van der Waals surface area contributed by atoms with E-state index in [-0.39, 0.29) is 5.92 Å². The van der Waals surface area contributed by atoms with Crippen LogP contribution in [-0.4, -0.2) is 45.3 Å². The number of carboxylic acids is 1. The molecule has 7 nitrogen and oxygen atoms in total. The highest BCUT2D eigenvalue weighted by Gasteiger charge is 2.24. The molecule has 0 radical (unpaired) electrons. The molecule has 2 atom stereocenters. The third-order valence-electron chi connectivity index (χ3n) is 4.84. The van der Waals surface area contributed by atoms with Crippen molar-refractivity contribution < 1.29 is 19.7 Å². The number of aromatic amines is 1. The van der Waals surface area contributed by atoms with E-state index in [4.69, 9.17) is 4.74 Å². The maximum absolute atomic E-state index is 11.5. The summed E-state index contributed by atoms with van der Waals surface area (Å²) in [5.74, 6) is -0.581. The smallest absolute Gasteiger partial charge is 0.345 e. The number of carboxylic acid groups (broad SMARTS) is 1. The van der Waals surface area contributed by atoms with Gasteiger partial charge in [-0.1, -0.05) is 32.0 Å². The molecule has 0 saturated carbocycles. The van der Waals surface area contributed by atoms with Gasteiger partial charge in [-0.15, -0.1) is 0 Å². The Labute approximate surface area is 169 Å². The van der Waals surface area contributed by atoms with E-state index in [9.17, 15) is 15.0 Å². The summed E-state index contributed by atoms with van der Waals surface area (Å²) in [6.45, 7) is 4.78. The minimum absolute atomic E-state index is 0.146. The number of aromatic nitrogens is 2.